The lowest BCUT2D eigenvalue weighted by Gasteiger charge is -2.33. The van der Waals surface area contributed by atoms with Gasteiger partial charge in [-0.3, -0.25) is 4.90 Å². The molecule has 0 aliphatic rings. The summed E-state index contributed by atoms with van der Waals surface area (Å²) in [5.74, 6) is -1.48. The highest BCUT2D eigenvalue weighted by Crippen LogP contribution is 2.28. The molecule has 3 aromatic rings. The predicted octanol–water partition coefficient (Wildman–Crippen LogP) is 3.60. The van der Waals surface area contributed by atoms with E-state index in [0.29, 0.717) is 6.54 Å². The second kappa shape index (κ2) is 9.73. The van der Waals surface area contributed by atoms with Crippen LogP contribution >= 0.6 is 35.0 Å². The molecule has 1 heterocycles. The number of rotatable bonds is 7. The molecule has 1 atom stereocenters. The Morgan fingerprint density at radius 3 is 2.50 bits per heavy atom. The molecule has 0 aliphatic carbocycles. The lowest BCUT2D eigenvalue weighted by Crippen LogP contribution is -2.43. The van der Waals surface area contributed by atoms with Crippen LogP contribution in [0.15, 0.2) is 55.1 Å². The van der Waals surface area contributed by atoms with Gasteiger partial charge in [0.05, 0.1) is 6.54 Å². The van der Waals surface area contributed by atoms with Gasteiger partial charge in [0.25, 0.3) is 0 Å². The quantitative estimate of drug-likeness (QED) is 0.484. The van der Waals surface area contributed by atoms with Gasteiger partial charge in [0, 0.05) is 28.3 Å². The van der Waals surface area contributed by atoms with Crippen LogP contribution in [0, 0.1) is 15.2 Å². The Balaban J connectivity index is 0.00000280. The number of halogens is 4. The highest BCUT2D eigenvalue weighted by atomic mass is 127. The Kier molecular flexibility index (Phi) is 7.87. The molecule has 2 aromatic carbocycles. The number of hydrogen-bond acceptors (Lipinski definition) is 4. The summed E-state index contributed by atoms with van der Waals surface area (Å²) in [6, 6.07) is 11.2. The first kappa shape index (κ1) is 22.7. The van der Waals surface area contributed by atoms with E-state index in [2.05, 4.69) is 32.7 Å². The van der Waals surface area contributed by atoms with Gasteiger partial charge in [-0.25, -0.2) is 18.4 Å². The minimum atomic E-state index is -1.61. The number of nitrogens with zero attached hydrogens (tertiary/aromatic N) is 4. The summed E-state index contributed by atoms with van der Waals surface area (Å²) in [6.45, 7) is 0.688. The highest BCUT2D eigenvalue weighted by Gasteiger charge is 2.34. The molecule has 0 amide bonds. The molecule has 28 heavy (non-hydrogen) atoms. The van der Waals surface area contributed by atoms with E-state index in [0.717, 1.165) is 21.3 Å². The predicted molar refractivity (Wildman–Crippen MR) is 113 cm³/mol. The number of likely N-dealkylation sites (N-methyl/N-ethyl adjacent to an activating group) is 1. The first-order valence-electron chi connectivity index (χ1n) is 8.29. The van der Waals surface area contributed by atoms with Crippen LogP contribution in [-0.2, 0) is 18.7 Å². The van der Waals surface area contributed by atoms with Gasteiger partial charge in [-0.15, -0.1) is 12.4 Å². The molecule has 0 unspecified atom stereocenters. The molecule has 0 aliphatic heterocycles. The van der Waals surface area contributed by atoms with Crippen LogP contribution in [0.25, 0.3) is 0 Å². The standard InChI is InChI=1S/C19H19F2IN4O.ClH/c1-25(9-14-2-5-16(22)6-3-14)10-19(27,11-26-13-23-12-24-26)17-7-4-15(20)8-18(17)21;/h2-8,12-13,27H,9-11H2,1H3;1H/t19-;/m1./s1. The zero-order valence-corrected chi connectivity index (χ0v) is 18.1. The monoisotopic (exact) mass is 520 g/mol. The highest BCUT2D eigenvalue weighted by molar-refractivity contribution is 14.1. The van der Waals surface area contributed by atoms with Crippen molar-refractivity contribution in [3.05, 3.63) is 81.5 Å². The van der Waals surface area contributed by atoms with Crippen molar-refractivity contribution in [1.29, 1.82) is 0 Å². The molecule has 1 aromatic heterocycles. The third-order valence-electron chi connectivity index (χ3n) is 4.22. The summed E-state index contributed by atoms with van der Waals surface area (Å²) in [5, 5.41) is 15.3. The summed E-state index contributed by atoms with van der Waals surface area (Å²) >= 11 is 2.24. The Hall–Kier alpha value is -1.62. The molecule has 5 nitrogen and oxygen atoms in total. The maximum atomic E-state index is 14.4. The fourth-order valence-electron chi connectivity index (χ4n) is 3.07. The van der Waals surface area contributed by atoms with Crippen LogP contribution in [0.4, 0.5) is 8.78 Å². The van der Waals surface area contributed by atoms with E-state index >= 15 is 0 Å². The summed E-state index contributed by atoms with van der Waals surface area (Å²) in [4.78, 5) is 5.76. The van der Waals surface area contributed by atoms with E-state index < -0.39 is 17.2 Å². The summed E-state index contributed by atoms with van der Waals surface area (Å²) in [7, 11) is 1.84. The SMILES string of the molecule is CN(Cc1ccc(I)cc1)C[C@@](O)(Cn1cncn1)c1ccc(F)cc1F.Cl. The van der Waals surface area contributed by atoms with Crippen molar-refractivity contribution in [2.75, 3.05) is 13.6 Å². The molecular weight excluding hydrogens is 501 g/mol. The normalized spacial score (nSPS) is 13.2. The van der Waals surface area contributed by atoms with Crippen molar-refractivity contribution < 1.29 is 13.9 Å². The molecule has 0 bridgehead atoms. The first-order chi connectivity index (χ1) is 12.9. The van der Waals surface area contributed by atoms with Crippen LogP contribution in [-0.4, -0.2) is 38.4 Å². The Morgan fingerprint density at radius 1 is 1.18 bits per heavy atom. The van der Waals surface area contributed by atoms with Crippen molar-refractivity contribution in [2.45, 2.75) is 18.7 Å². The molecule has 1 N–H and O–H groups in total. The van der Waals surface area contributed by atoms with Crippen LogP contribution < -0.4 is 0 Å². The van der Waals surface area contributed by atoms with E-state index in [1.807, 2.05) is 36.2 Å². The van der Waals surface area contributed by atoms with Gasteiger partial charge in [0.1, 0.15) is 29.9 Å². The molecule has 150 valence electrons. The van der Waals surface area contributed by atoms with Crippen molar-refractivity contribution in [1.82, 2.24) is 19.7 Å². The zero-order chi connectivity index (χ0) is 19.4. The van der Waals surface area contributed by atoms with Gasteiger partial charge in [0.15, 0.2) is 0 Å². The van der Waals surface area contributed by atoms with E-state index in [4.69, 9.17) is 0 Å². The fraction of sp³-hybridized carbons (Fsp3) is 0.263. The molecule has 0 spiro atoms. The van der Waals surface area contributed by atoms with Gasteiger partial charge >= 0.3 is 0 Å². The van der Waals surface area contributed by atoms with E-state index in [9.17, 15) is 13.9 Å². The third kappa shape index (κ3) is 5.69. The maximum absolute atomic E-state index is 14.4. The summed E-state index contributed by atoms with van der Waals surface area (Å²) < 4.78 is 30.3. The van der Waals surface area contributed by atoms with Crippen LogP contribution in [0.1, 0.15) is 11.1 Å². The fourth-order valence-corrected chi connectivity index (χ4v) is 3.43. The molecule has 9 heteroatoms. The summed E-state index contributed by atoms with van der Waals surface area (Å²) in [6.07, 6.45) is 2.79. The lowest BCUT2D eigenvalue weighted by molar-refractivity contribution is -0.0175. The zero-order valence-electron chi connectivity index (χ0n) is 15.1. The van der Waals surface area contributed by atoms with Crippen LogP contribution in [0.5, 0.6) is 0 Å². The van der Waals surface area contributed by atoms with Crippen molar-refractivity contribution in [3.8, 4) is 0 Å². The number of aliphatic hydroxyl groups is 1. The number of aromatic nitrogens is 3. The van der Waals surface area contributed by atoms with Gasteiger partial charge in [-0.2, -0.15) is 5.10 Å². The van der Waals surface area contributed by atoms with Gasteiger partial charge in [-0.1, -0.05) is 18.2 Å². The summed E-state index contributed by atoms with van der Waals surface area (Å²) in [5.41, 5.74) is -0.516. The van der Waals surface area contributed by atoms with Gasteiger partial charge < -0.3 is 5.11 Å². The van der Waals surface area contributed by atoms with Crippen molar-refractivity contribution in [3.63, 3.8) is 0 Å². The second-order valence-corrected chi connectivity index (χ2v) is 7.79. The molecule has 0 fully saturated rings. The molecule has 0 saturated carbocycles. The lowest BCUT2D eigenvalue weighted by atomic mass is 9.92. The smallest absolute Gasteiger partial charge is 0.137 e. The number of hydrogen-bond donors (Lipinski definition) is 1. The molecule has 3 rings (SSSR count). The Bertz CT molecular complexity index is 895. The van der Waals surface area contributed by atoms with Crippen molar-refractivity contribution >= 4 is 35.0 Å². The Morgan fingerprint density at radius 2 is 1.89 bits per heavy atom. The molecular formula is C19H20ClF2IN4O. The van der Waals surface area contributed by atoms with Crippen LogP contribution in [0.3, 0.4) is 0 Å². The average molecular weight is 521 g/mol. The van der Waals surface area contributed by atoms with Gasteiger partial charge in [0.2, 0.25) is 0 Å². The second-order valence-electron chi connectivity index (χ2n) is 6.55. The van der Waals surface area contributed by atoms with Crippen LogP contribution in [0.2, 0.25) is 0 Å². The first-order valence-corrected chi connectivity index (χ1v) is 9.37. The van der Waals surface area contributed by atoms with E-state index in [1.165, 1.54) is 23.4 Å². The topological polar surface area (TPSA) is 54.2 Å². The Labute approximate surface area is 181 Å². The largest absolute Gasteiger partial charge is 0.382 e. The molecule has 0 radical (unpaired) electrons. The number of benzene rings is 2. The van der Waals surface area contributed by atoms with E-state index in [-0.39, 0.29) is 31.1 Å². The van der Waals surface area contributed by atoms with Gasteiger partial charge in [-0.05, 0) is 53.4 Å². The van der Waals surface area contributed by atoms with E-state index in [1.54, 1.807) is 0 Å². The molecule has 0 saturated heterocycles. The third-order valence-corrected chi connectivity index (χ3v) is 4.94. The average Bonchev–Trinajstić information content (AvgIpc) is 3.09. The maximum Gasteiger partial charge on any atom is 0.137 e. The van der Waals surface area contributed by atoms with Crippen molar-refractivity contribution in [2.24, 2.45) is 0 Å². The minimum absolute atomic E-state index is 0. The minimum Gasteiger partial charge on any atom is -0.382 e.